The number of carbonyl (C=O) groups excluding carboxylic acids is 1. The van der Waals surface area contributed by atoms with Crippen molar-refractivity contribution in [2.24, 2.45) is 5.73 Å². The van der Waals surface area contributed by atoms with E-state index in [0.29, 0.717) is 5.56 Å². The van der Waals surface area contributed by atoms with E-state index >= 15 is 0 Å². The zero-order chi connectivity index (χ0) is 22.5. The van der Waals surface area contributed by atoms with Crippen molar-refractivity contribution in [3.8, 4) is 0 Å². The SMILES string of the molecule is CC(C)=CCCC(C)=CCN(CC=C(C)CCC=C(C)C)c1ccc(C(N)=O)cc1. The molecule has 0 bridgehead atoms. The smallest absolute Gasteiger partial charge is 0.248 e. The molecule has 0 aliphatic carbocycles. The third kappa shape index (κ3) is 10.8. The standard InChI is InChI=1S/C27H40N2O/c1-21(2)9-7-11-23(5)17-19-29(20-18-24(6)12-8-10-22(3)4)26-15-13-25(14-16-26)27(28)30/h9-10,13-18H,7-8,11-12,19-20H2,1-6H3,(H2,28,30). The summed E-state index contributed by atoms with van der Waals surface area (Å²) in [5.41, 5.74) is 12.6. The number of carbonyl (C=O) groups is 1. The third-order valence-electron chi connectivity index (χ3n) is 5.02. The normalized spacial score (nSPS) is 11.8. The average molecular weight is 409 g/mol. The van der Waals surface area contributed by atoms with Crippen LogP contribution in [0.2, 0.25) is 0 Å². The van der Waals surface area contributed by atoms with E-state index in [9.17, 15) is 4.79 Å². The molecule has 0 atom stereocenters. The lowest BCUT2D eigenvalue weighted by Crippen LogP contribution is -2.24. The summed E-state index contributed by atoms with van der Waals surface area (Å²) >= 11 is 0. The van der Waals surface area contributed by atoms with Crippen molar-refractivity contribution in [3.05, 3.63) is 76.4 Å². The molecule has 0 saturated heterocycles. The van der Waals surface area contributed by atoms with Crippen LogP contribution in [-0.4, -0.2) is 19.0 Å². The maximum absolute atomic E-state index is 11.4. The van der Waals surface area contributed by atoms with Gasteiger partial charge in [-0.25, -0.2) is 0 Å². The van der Waals surface area contributed by atoms with Crippen molar-refractivity contribution in [2.75, 3.05) is 18.0 Å². The first-order valence-corrected chi connectivity index (χ1v) is 10.9. The van der Waals surface area contributed by atoms with E-state index in [-0.39, 0.29) is 0 Å². The van der Waals surface area contributed by atoms with E-state index < -0.39 is 5.91 Å². The molecule has 1 aromatic carbocycles. The predicted octanol–water partition coefficient (Wildman–Crippen LogP) is 6.98. The summed E-state index contributed by atoms with van der Waals surface area (Å²) in [7, 11) is 0. The van der Waals surface area contributed by atoms with Crippen LogP contribution in [0.25, 0.3) is 0 Å². The van der Waals surface area contributed by atoms with Gasteiger partial charge in [0.25, 0.3) is 0 Å². The van der Waals surface area contributed by atoms with Gasteiger partial charge in [0.1, 0.15) is 0 Å². The van der Waals surface area contributed by atoms with Crippen LogP contribution in [0, 0.1) is 0 Å². The second kappa shape index (κ2) is 13.6. The number of nitrogens with two attached hydrogens (primary N) is 1. The first-order chi connectivity index (χ1) is 14.2. The van der Waals surface area contributed by atoms with E-state index in [1.165, 1.54) is 22.3 Å². The van der Waals surface area contributed by atoms with Gasteiger partial charge in [0.2, 0.25) is 5.91 Å². The van der Waals surface area contributed by atoms with Crippen LogP contribution in [0.4, 0.5) is 5.69 Å². The molecular formula is C27H40N2O. The first kappa shape index (κ1) is 25.5. The van der Waals surface area contributed by atoms with Gasteiger partial charge in [-0.2, -0.15) is 0 Å². The number of anilines is 1. The Kier molecular flexibility index (Phi) is 11.6. The molecule has 1 rings (SSSR count). The van der Waals surface area contributed by atoms with E-state index in [0.717, 1.165) is 44.5 Å². The Morgan fingerprint density at radius 2 is 1.20 bits per heavy atom. The highest BCUT2D eigenvalue weighted by Gasteiger charge is 2.06. The van der Waals surface area contributed by atoms with Gasteiger partial charge < -0.3 is 10.6 Å². The van der Waals surface area contributed by atoms with Crippen molar-refractivity contribution < 1.29 is 4.79 Å². The molecule has 1 amide bonds. The van der Waals surface area contributed by atoms with E-state index in [4.69, 9.17) is 5.73 Å². The lowest BCUT2D eigenvalue weighted by atomic mass is 10.1. The largest absolute Gasteiger partial charge is 0.366 e. The van der Waals surface area contributed by atoms with Gasteiger partial charge in [-0.1, -0.05) is 46.6 Å². The van der Waals surface area contributed by atoms with Gasteiger partial charge in [-0.3, -0.25) is 4.79 Å². The van der Waals surface area contributed by atoms with Gasteiger partial charge in [0.05, 0.1) is 0 Å². The number of benzene rings is 1. The monoisotopic (exact) mass is 408 g/mol. The van der Waals surface area contributed by atoms with Gasteiger partial charge in [-0.15, -0.1) is 0 Å². The van der Waals surface area contributed by atoms with Crippen LogP contribution >= 0.6 is 0 Å². The van der Waals surface area contributed by atoms with Gasteiger partial charge in [0.15, 0.2) is 0 Å². The van der Waals surface area contributed by atoms with Gasteiger partial charge in [0, 0.05) is 24.3 Å². The summed E-state index contributed by atoms with van der Waals surface area (Å²) in [6.45, 7) is 14.7. The summed E-state index contributed by atoms with van der Waals surface area (Å²) in [6.07, 6.45) is 13.5. The predicted molar refractivity (Wildman–Crippen MR) is 132 cm³/mol. The summed E-state index contributed by atoms with van der Waals surface area (Å²) in [6, 6.07) is 7.58. The lowest BCUT2D eigenvalue weighted by Gasteiger charge is -2.23. The lowest BCUT2D eigenvalue weighted by molar-refractivity contribution is 0.100. The number of allylic oxidation sites excluding steroid dienone is 6. The second-order valence-electron chi connectivity index (χ2n) is 8.56. The van der Waals surface area contributed by atoms with Crippen molar-refractivity contribution >= 4 is 11.6 Å². The molecule has 30 heavy (non-hydrogen) atoms. The zero-order valence-electron chi connectivity index (χ0n) is 19.8. The second-order valence-corrected chi connectivity index (χ2v) is 8.56. The van der Waals surface area contributed by atoms with Crippen LogP contribution in [0.5, 0.6) is 0 Å². The molecule has 0 aromatic heterocycles. The highest BCUT2D eigenvalue weighted by Crippen LogP contribution is 2.17. The minimum Gasteiger partial charge on any atom is -0.366 e. The van der Waals surface area contributed by atoms with Crippen LogP contribution in [0.15, 0.2) is 70.9 Å². The summed E-state index contributed by atoms with van der Waals surface area (Å²) in [4.78, 5) is 13.7. The molecule has 1 aromatic rings. The van der Waals surface area contributed by atoms with Crippen molar-refractivity contribution in [2.45, 2.75) is 67.2 Å². The number of hydrogen-bond donors (Lipinski definition) is 1. The fraction of sp³-hybridized carbons (Fsp3) is 0.444. The Balaban J connectivity index is 2.89. The van der Waals surface area contributed by atoms with Crippen molar-refractivity contribution in [1.29, 1.82) is 0 Å². The molecular weight excluding hydrogens is 368 g/mol. The Morgan fingerprint density at radius 1 is 0.767 bits per heavy atom. The fourth-order valence-electron chi connectivity index (χ4n) is 3.04. The molecule has 164 valence electrons. The molecule has 0 heterocycles. The molecule has 0 saturated carbocycles. The molecule has 3 heteroatoms. The molecule has 0 unspecified atom stereocenters. The van der Waals surface area contributed by atoms with Crippen LogP contribution in [0.3, 0.4) is 0 Å². The van der Waals surface area contributed by atoms with E-state index in [2.05, 4.69) is 70.7 Å². The average Bonchev–Trinajstić information content (AvgIpc) is 2.67. The van der Waals surface area contributed by atoms with Gasteiger partial charge in [-0.05, 0) is 91.5 Å². The minimum absolute atomic E-state index is 0.391. The molecule has 0 aliphatic heterocycles. The van der Waals surface area contributed by atoms with Crippen LogP contribution < -0.4 is 10.6 Å². The van der Waals surface area contributed by atoms with E-state index in [1.54, 1.807) is 12.1 Å². The maximum atomic E-state index is 11.4. The summed E-state index contributed by atoms with van der Waals surface area (Å²) < 4.78 is 0. The number of primary amides is 1. The number of rotatable bonds is 12. The zero-order valence-corrected chi connectivity index (χ0v) is 19.8. The molecule has 0 spiro atoms. The Hall–Kier alpha value is -2.55. The topological polar surface area (TPSA) is 46.3 Å². The Labute approximate surface area is 184 Å². The van der Waals surface area contributed by atoms with Crippen molar-refractivity contribution in [3.63, 3.8) is 0 Å². The van der Waals surface area contributed by atoms with Gasteiger partial charge >= 0.3 is 0 Å². The highest BCUT2D eigenvalue weighted by molar-refractivity contribution is 5.93. The molecule has 0 fully saturated rings. The molecule has 0 aliphatic rings. The number of nitrogens with zero attached hydrogens (tertiary/aromatic N) is 1. The first-order valence-electron chi connectivity index (χ1n) is 10.9. The van der Waals surface area contributed by atoms with E-state index in [1.807, 2.05) is 12.1 Å². The summed E-state index contributed by atoms with van der Waals surface area (Å²) in [5.74, 6) is -0.391. The fourth-order valence-corrected chi connectivity index (χ4v) is 3.04. The number of amides is 1. The highest BCUT2D eigenvalue weighted by atomic mass is 16.1. The Bertz CT molecular complexity index is 747. The minimum atomic E-state index is -0.391. The number of hydrogen-bond acceptors (Lipinski definition) is 2. The molecule has 3 nitrogen and oxygen atoms in total. The third-order valence-corrected chi connectivity index (χ3v) is 5.02. The Morgan fingerprint density at radius 3 is 1.57 bits per heavy atom. The summed E-state index contributed by atoms with van der Waals surface area (Å²) in [5, 5.41) is 0. The molecule has 2 N–H and O–H groups in total. The quantitative estimate of drug-likeness (QED) is 0.379. The van der Waals surface area contributed by atoms with Crippen LogP contribution in [-0.2, 0) is 0 Å². The van der Waals surface area contributed by atoms with Crippen LogP contribution in [0.1, 0.15) is 77.6 Å². The van der Waals surface area contributed by atoms with Crippen molar-refractivity contribution in [1.82, 2.24) is 0 Å². The molecule has 0 radical (unpaired) electrons. The maximum Gasteiger partial charge on any atom is 0.248 e.